The van der Waals surface area contributed by atoms with Gasteiger partial charge in [0.05, 0.1) is 12.5 Å². The molecule has 0 spiro atoms. The normalized spacial score (nSPS) is 21.8. The Labute approximate surface area is 167 Å². The number of rotatable bonds is 7. The highest BCUT2D eigenvalue weighted by Gasteiger charge is 2.40. The maximum absolute atomic E-state index is 12.4. The lowest BCUT2D eigenvalue weighted by Crippen LogP contribution is -2.39. The van der Waals surface area contributed by atoms with E-state index in [-0.39, 0.29) is 42.5 Å². The van der Waals surface area contributed by atoms with E-state index in [9.17, 15) is 19.2 Å². The van der Waals surface area contributed by atoms with Gasteiger partial charge in [-0.05, 0) is 5.23 Å². The van der Waals surface area contributed by atoms with Gasteiger partial charge in [0.2, 0.25) is 6.10 Å². The van der Waals surface area contributed by atoms with E-state index in [1.165, 1.54) is 12.5 Å². The van der Waals surface area contributed by atoms with Crippen molar-refractivity contribution < 1.29 is 38.4 Å². The molecule has 0 radical (unpaired) electrons. The molecule has 2 amide bonds. The molecule has 2 aliphatic rings. The summed E-state index contributed by atoms with van der Waals surface area (Å²) in [4.78, 5) is 66.1. The van der Waals surface area contributed by atoms with E-state index < -0.39 is 35.8 Å². The number of hydroxylamine groups is 2. The molecule has 2 unspecified atom stereocenters. The quantitative estimate of drug-likeness (QED) is 0.304. The third kappa shape index (κ3) is 4.78. The highest BCUT2D eigenvalue weighted by molar-refractivity contribution is 7.13. The fraction of sp³-hybridized carbons (Fsp3) is 0.467. The largest absolute Gasteiger partial charge is 0.450 e. The molecule has 156 valence electrons. The van der Waals surface area contributed by atoms with Gasteiger partial charge in [-0.25, -0.2) is 14.6 Å². The van der Waals surface area contributed by atoms with Gasteiger partial charge in [0.25, 0.3) is 11.8 Å². The van der Waals surface area contributed by atoms with Crippen LogP contribution in [0.2, 0.25) is 0 Å². The lowest BCUT2D eigenvalue weighted by molar-refractivity contribution is -0.306. The molecule has 13 nitrogen and oxygen atoms in total. The van der Waals surface area contributed by atoms with Gasteiger partial charge in [-0.2, -0.15) is 0 Å². The van der Waals surface area contributed by atoms with Crippen molar-refractivity contribution in [3.05, 3.63) is 11.1 Å². The second-order valence-corrected chi connectivity index (χ2v) is 6.81. The van der Waals surface area contributed by atoms with Crippen LogP contribution in [0.4, 0.5) is 5.13 Å². The number of oxime groups is 1. The van der Waals surface area contributed by atoms with Gasteiger partial charge in [0, 0.05) is 24.8 Å². The number of hydrogen-bond acceptors (Lipinski definition) is 12. The first-order valence-electron chi connectivity index (χ1n) is 8.38. The van der Waals surface area contributed by atoms with Crippen LogP contribution in [-0.2, 0) is 38.4 Å². The van der Waals surface area contributed by atoms with Crippen LogP contribution in [-0.4, -0.2) is 66.0 Å². The van der Waals surface area contributed by atoms with Gasteiger partial charge in [-0.1, -0.05) is 5.16 Å². The van der Waals surface area contributed by atoms with Crippen LogP contribution in [0, 0.1) is 5.92 Å². The van der Waals surface area contributed by atoms with Gasteiger partial charge in [0.1, 0.15) is 12.8 Å². The number of nitrogens with one attached hydrogen (secondary N) is 1. The number of hydrogen-bond donors (Lipinski definition) is 2. The Balaban J connectivity index is 1.52. The number of thiazole rings is 1. The predicted octanol–water partition coefficient (Wildman–Crippen LogP) is -1.25. The molecule has 2 saturated heterocycles. The molecule has 29 heavy (non-hydrogen) atoms. The third-order valence-electron chi connectivity index (χ3n) is 3.91. The van der Waals surface area contributed by atoms with E-state index in [1.807, 2.05) is 0 Å². The van der Waals surface area contributed by atoms with Gasteiger partial charge in [0.15, 0.2) is 10.8 Å². The van der Waals surface area contributed by atoms with Crippen LogP contribution in [0.25, 0.3) is 0 Å². The van der Waals surface area contributed by atoms with E-state index in [1.54, 1.807) is 0 Å². The number of nitrogen functional groups attached to an aromatic ring is 1. The van der Waals surface area contributed by atoms with Crippen LogP contribution < -0.4 is 11.1 Å². The zero-order valence-electron chi connectivity index (χ0n) is 15.2. The van der Waals surface area contributed by atoms with Crippen LogP contribution in [0.3, 0.4) is 0 Å². The first-order chi connectivity index (χ1) is 13.9. The van der Waals surface area contributed by atoms with Gasteiger partial charge in [-0.15, -0.1) is 11.3 Å². The smallest absolute Gasteiger partial charge is 0.375 e. The molecule has 2 aliphatic heterocycles. The summed E-state index contributed by atoms with van der Waals surface area (Å²) in [7, 11) is 1.27. The van der Waals surface area contributed by atoms with Crippen molar-refractivity contribution in [2.75, 3.05) is 26.0 Å². The highest BCUT2D eigenvalue weighted by atomic mass is 32.1. The van der Waals surface area contributed by atoms with E-state index in [2.05, 4.69) is 20.3 Å². The SMILES string of the molecule is CON=C(C(=O)NCC1CON(OC(=O)C2CCC(=O)O2)C1=O)c1csc(N)n1. The molecule has 3 heterocycles. The second-order valence-electron chi connectivity index (χ2n) is 5.92. The number of amides is 2. The fourth-order valence-electron chi connectivity index (χ4n) is 2.48. The number of ether oxygens (including phenoxy) is 1. The van der Waals surface area contributed by atoms with E-state index in [4.69, 9.17) is 20.1 Å². The van der Waals surface area contributed by atoms with E-state index in [0.29, 0.717) is 5.23 Å². The Morgan fingerprint density at radius 3 is 2.90 bits per heavy atom. The lowest BCUT2D eigenvalue weighted by Gasteiger charge is -2.15. The van der Waals surface area contributed by atoms with E-state index >= 15 is 0 Å². The Bertz CT molecular complexity index is 856. The Hall–Kier alpha value is -3.26. The van der Waals surface area contributed by atoms with Crippen molar-refractivity contribution in [3.8, 4) is 0 Å². The monoisotopic (exact) mass is 427 g/mol. The molecular weight excluding hydrogens is 410 g/mol. The molecule has 1 aromatic rings. The molecule has 14 heteroatoms. The molecule has 3 rings (SSSR count). The summed E-state index contributed by atoms with van der Waals surface area (Å²) >= 11 is 1.13. The second kappa shape index (κ2) is 8.83. The summed E-state index contributed by atoms with van der Waals surface area (Å²) in [5.74, 6) is -3.55. The average Bonchev–Trinajstić information content (AvgIpc) is 3.40. The van der Waals surface area contributed by atoms with Crippen molar-refractivity contribution in [1.29, 1.82) is 0 Å². The topological polar surface area (TPSA) is 172 Å². The van der Waals surface area contributed by atoms with Gasteiger partial charge in [-0.3, -0.25) is 14.4 Å². The number of carbonyl (C=O) groups excluding carboxylic acids is 4. The first-order valence-corrected chi connectivity index (χ1v) is 9.26. The van der Waals surface area contributed by atoms with Gasteiger partial charge >= 0.3 is 11.9 Å². The highest BCUT2D eigenvalue weighted by Crippen LogP contribution is 2.19. The minimum Gasteiger partial charge on any atom is -0.450 e. The summed E-state index contributed by atoms with van der Waals surface area (Å²) in [5, 5.41) is 8.37. The minimum absolute atomic E-state index is 0.0965. The molecule has 2 fully saturated rings. The number of nitrogens with zero attached hydrogens (tertiary/aromatic N) is 3. The standard InChI is InChI=1S/C15H17N5O8S/c1-25-19-11(8-6-29-15(16)18-8)12(22)17-4-7-5-26-20(13(7)23)28-14(24)9-2-3-10(21)27-9/h6-7,9H,2-5H2,1H3,(H2,16,18)(H,17,22). The molecule has 0 aliphatic carbocycles. The Kier molecular flexibility index (Phi) is 6.23. The number of aromatic nitrogens is 1. The van der Waals surface area contributed by atoms with Crippen molar-refractivity contribution in [3.63, 3.8) is 0 Å². The molecule has 0 bridgehead atoms. The van der Waals surface area contributed by atoms with Crippen LogP contribution >= 0.6 is 11.3 Å². The molecule has 2 atom stereocenters. The minimum atomic E-state index is -1.07. The summed E-state index contributed by atoms with van der Waals surface area (Å²) < 4.78 is 4.76. The number of carbonyl (C=O) groups is 4. The molecule has 1 aromatic heterocycles. The molecular formula is C15H17N5O8S. The molecule has 0 saturated carbocycles. The predicted molar refractivity (Wildman–Crippen MR) is 94.6 cm³/mol. The molecule has 3 N–H and O–H groups in total. The number of cyclic esters (lactones) is 1. The average molecular weight is 427 g/mol. The zero-order chi connectivity index (χ0) is 21.0. The summed E-state index contributed by atoms with van der Waals surface area (Å²) in [6.45, 7) is -0.246. The van der Waals surface area contributed by atoms with Gasteiger partial charge < -0.3 is 25.5 Å². The summed E-state index contributed by atoms with van der Waals surface area (Å²) in [6.07, 6.45) is -0.808. The fourth-order valence-corrected chi connectivity index (χ4v) is 3.03. The molecule has 0 aromatic carbocycles. The lowest BCUT2D eigenvalue weighted by atomic mass is 10.1. The maximum atomic E-state index is 12.4. The summed E-state index contributed by atoms with van der Waals surface area (Å²) in [5.41, 5.74) is 5.67. The number of anilines is 1. The van der Waals surface area contributed by atoms with Crippen LogP contribution in [0.5, 0.6) is 0 Å². The van der Waals surface area contributed by atoms with Crippen molar-refractivity contribution in [1.82, 2.24) is 15.5 Å². The number of esters is 1. The first kappa shape index (κ1) is 20.5. The Morgan fingerprint density at radius 2 is 2.28 bits per heavy atom. The third-order valence-corrected chi connectivity index (χ3v) is 4.59. The van der Waals surface area contributed by atoms with Crippen LogP contribution in [0.1, 0.15) is 18.5 Å². The number of nitrogens with two attached hydrogens (primary N) is 1. The van der Waals surface area contributed by atoms with Crippen molar-refractivity contribution in [2.24, 2.45) is 11.1 Å². The zero-order valence-corrected chi connectivity index (χ0v) is 16.0. The summed E-state index contributed by atoms with van der Waals surface area (Å²) in [6, 6.07) is 0. The maximum Gasteiger partial charge on any atom is 0.375 e. The van der Waals surface area contributed by atoms with Crippen molar-refractivity contribution in [2.45, 2.75) is 18.9 Å². The van der Waals surface area contributed by atoms with E-state index in [0.717, 1.165) is 11.3 Å². The Morgan fingerprint density at radius 1 is 1.48 bits per heavy atom. The van der Waals surface area contributed by atoms with Crippen LogP contribution in [0.15, 0.2) is 10.5 Å². The van der Waals surface area contributed by atoms with Crippen molar-refractivity contribution >= 4 is 45.9 Å².